The van der Waals surface area contributed by atoms with Gasteiger partial charge < -0.3 is 9.84 Å². The van der Waals surface area contributed by atoms with E-state index in [-0.39, 0.29) is 5.75 Å². The van der Waals surface area contributed by atoms with Crippen molar-refractivity contribution < 1.29 is 14.6 Å². The number of phenols is 1. The van der Waals surface area contributed by atoms with Gasteiger partial charge in [0.2, 0.25) is 0 Å². The molecule has 15 heavy (non-hydrogen) atoms. The van der Waals surface area contributed by atoms with E-state index in [9.17, 15) is 9.90 Å². The standard InChI is InChI=1S/C12H14O3/c1-7-4-5-8-6-12(2,3)15-11(14)9(8)10(7)13/h4-5,13H,6H2,1-3H3. The number of phenolic OH excluding ortho intramolecular Hbond substituents is 1. The Bertz CT molecular complexity index is 433. The first-order valence-corrected chi connectivity index (χ1v) is 4.95. The van der Waals surface area contributed by atoms with E-state index in [1.54, 1.807) is 6.92 Å². The predicted octanol–water partition coefficient (Wildman–Crippen LogP) is 2.19. The summed E-state index contributed by atoms with van der Waals surface area (Å²) in [4.78, 5) is 11.7. The summed E-state index contributed by atoms with van der Waals surface area (Å²) in [6, 6.07) is 3.70. The molecule has 1 heterocycles. The van der Waals surface area contributed by atoms with Gasteiger partial charge in [0.05, 0.1) is 0 Å². The maximum absolute atomic E-state index is 11.7. The molecule has 0 bridgehead atoms. The van der Waals surface area contributed by atoms with Crippen LogP contribution in [0.3, 0.4) is 0 Å². The third-order valence-electron chi connectivity index (χ3n) is 2.66. The van der Waals surface area contributed by atoms with Crippen LogP contribution in [0.2, 0.25) is 0 Å². The fourth-order valence-corrected chi connectivity index (χ4v) is 1.91. The van der Waals surface area contributed by atoms with Gasteiger partial charge in [-0.05, 0) is 31.9 Å². The Labute approximate surface area is 88.7 Å². The third-order valence-corrected chi connectivity index (χ3v) is 2.66. The molecule has 3 nitrogen and oxygen atoms in total. The van der Waals surface area contributed by atoms with E-state index in [2.05, 4.69) is 0 Å². The van der Waals surface area contributed by atoms with Crippen LogP contribution in [0.15, 0.2) is 12.1 Å². The molecular weight excluding hydrogens is 192 g/mol. The molecule has 1 aromatic rings. The first-order valence-electron chi connectivity index (χ1n) is 4.95. The zero-order valence-corrected chi connectivity index (χ0v) is 9.13. The molecule has 0 amide bonds. The number of hydrogen-bond acceptors (Lipinski definition) is 3. The average molecular weight is 206 g/mol. The largest absolute Gasteiger partial charge is 0.507 e. The van der Waals surface area contributed by atoms with Crippen molar-refractivity contribution in [2.45, 2.75) is 32.8 Å². The van der Waals surface area contributed by atoms with E-state index in [0.29, 0.717) is 17.5 Å². The number of ether oxygens (including phenoxy) is 1. The Balaban J connectivity index is 2.60. The van der Waals surface area contributed by atoms with E-state index in [1.165, 1.54) is 0 Å². The molecule has 3 heteroatoms. The van der Waals surface area contributed by atoms with Gasteiger partial charge in [0, 0.05) is 6.42 Å². The second kappa shape index (κ2) is 2.99. The zero-order valence-electron chi connectivity index (χ0n) is 9.13. The van der Waals surface area contributed by atoms with Gasteiger partial charge in [0.1, 0.15) is 16.9 Å². The van der Waals surface area contributed by atoms with Gasteiger partial charge in [-0.15, -0.1) is 0 Å². The van der Waals surface area contributed by atoms with Gasteiger partial charge in [0.25, 0.3) is 0 Å². The van der Waals surface area contributed by atoms with Crippen molar-refractivity contribution in [3.63, 3.8) is 0 Å². The van der Waals surface area contributed by atoms with Crippen LogP contribution in [0.25, 0.3) is 0 Å². The summed E-state index contributed by atoms with van der Waals surface area (Å²) in [7, 11) is 0. The Morgan fingerprint density at radius 1 is 1.40 bits per heavy atom. The van der Waals surface area contributed by atoms with Gasteiger partial charge in [-0.2, -0.15) is 0 Å². The molecule has 0 unspecified atom stereocenters. The van der Waals surface area contributed by atoms with Crippen molar-refractivity contribution >= 4 is 5.97 Å². The first kappa shape index (κ1) is 10.0. The van der Waals surface area contributed by atoms with Crippen molar-refractivity contribution in [1.82, 2.24) is 0 Å². The van der Waals surface area contributed by atoms with Crippen molar-refractivity contribution in [2.75, 3.05) is 0 Å². The summed E-state index contributed by atoms with van der Waals surface area (Å²) < 4.78 is 5.24. The molecule has 0 atom stereocenters. The normalized spacial score (nSPS) is 18.2. The molecule has 0 fully saturated rings. The topological polar surface area (TPSA) is 46.5 Å². The number of carbonyl (C=O) groups is 1. The van der Waals surface area contributed by atoms with Crippen LogP contribution in [-0.2, 0) is 11.2 Å². The average Bonchev–Trinajstić information content (AvgIpc) is 2.09. The minimum absolute atomic E-state index is 0.0491. The number of fused-ring (bicyclic) bond motifs is 1. The van der Waals surface area contributed by atoms with E-state index in [0.717, 1.165) is 5.56 Å². The van der Waals surface area contributed by atoms with E-state index in [1.807, 2.05) is 26.0 Å². The lowest BCUT2D eigenvalue weighted by Crippen LogP contribution is -2.36. The van der Waals surface area contributed by atoms with Crippen LogP contribution < -0.4 is 0 Å². The van der Waals surface area contributed by atoms with Crippen molar-refractivity contribution in [1.29, 1.82) is 0 Å². The Kier molecular flexibility index (Phi) is 2.00. The van der Waals surface area contributed by atoms with Gasteiger partial charge in [-0.1, -0.05) is 12.1 Å². The maximum atomic E-state index is 11.7. The highest BCUT2D eigenvalue weighted by Gasteiger charge is 2.34. The lowest BCUT2D eigenvalue weighted by atomic mass is 9.90. The molecule has 0 saturated carbocycles. The summed E-state index contributed by atoms with van der Waals surface area (Å²) in [6.07, 6.45) is 0.641. The number of benzene rings is 1. The molecule has 0 aliphatic carbocycles. The van der Waals surface area contributed by atoms with E-state index >= 15 is 0 Å². The van der Waals surface area contributed by atoms with Gasteiger partial charge in [0.15, 0.2) is 0 Å². The van der Waals surface area contributed by atoms with Crippen molar-refractivity contribution in [3.8, 4) is 5.75 Å². The lowest BCUT2D eigenvalue weighted by molar-refractivity contribution is -0.00688. The minimum atomic E-state index is -0.480. The van der Waals surface area contributed by atoms with Crippen molar-refractivity contribution in [2.24, 2.45) is 0 Å². The highest BCUT2D eigenvalue weighted by Crippen LogP contribution is 2.34. The Morgan fingerprint density at radius 2 is 2.07 bits per heavy atom. The fourth-order valence-electron chi connectivity index (χ4n) is 1.91. The molecule has 0 saturated heterocycles. The molecular formula is C12H14O3. The summed E-state index contributed by atoms with van der Waals surface area (Å²) >= 11 is 0. The van der Waals surface area contributed by atoms with Crippen LogP contribution >= 0.6 is 0 Å². The SMILES string of the molecule is Cc1ccc2c(c1O)C(=O)OC(C)(C)C2. The van der Waals surface area contributed by atoms with Crippen LogP contribution in [0.5, 0.6) is 5.75 Å². The second-order valence-electron chi connectivity index (χ2n) is 4.59. The van der Waals surface area contributed by atoms with Gasteiger partial charge >= 0.3 is 5.97 Å². The second-order valence-corrected chi connectivity index (χ2v) is 4.59. The molecule has 1 aromatic carbocycles. The molecule has 80 valence electrons. The number of esters is 1. The lowest BCUT2D eigenvalue weighted by Gasteiger charge is -2.31. The highest BCUT2D eigenvalue weighted by atomic mass is 16.6. The Hall–Kier alpha value is -1.51. The molecule has 0 spiro atoms. The van der Waals surface area contributed by atoms with Crippen LogP contribution in [0, 0.1) is 6.92 Å². The minimum Gasteiger partial charge on any atom is -0.507 e. The molecule has 0 aromatic heterocycles. The van der Waals surface area contributed by atoms with E-state index in [4.69, 9.17) is 4.74 Å². The van der Waals surface area contributed by atoms with Crippen LogP contribution in [0.1, 0.15) is 35.3 Å². The van der Waals surface area contributed by atoms with Gasteiger partial charge in [-0.3, -0.25) is 0 Å². The number of cyclic esters (lactones) is 1. The summed E-state index contributed by atoms with van der Waals surface area (Å²) in [5, 5.41) is 9.78. The fraction of sp³-hybridized carbons (Fsp3) is 0.417. The van der Waals surface area contributed by atoms with Crippen molar-refractivity contribution in [3.05, 3.63) is 28.8 Å². The summed E-state index contributed by atoms with van der Waals surface area (Å²) in [6.45, 7) is 5.50. The highest BCUT2D eigenvalue weighted by molar-refractivity contribution is 5.95. The number of carbonyl (C=O) groups excluding carboxylic acids is 1. The zero-order chi connectivity index (χ0) is 11.2. The first-order chi connectivity index (χ1) is 6.91. The number of rotatable bonds is 0. The number of aryl methyl sites for hydroxylation is 1. The smallest absolute Gasteiger partial charge is 0.342 e. The van der Waals surface area contributed by atoms with Crippen LogP contribution in [0.4, 0.5) is 0 Å². The maximum Gasteiger partial charge on any atom is 0.342 e. The van der Waals surface area contributed by atoms with Gasteiger partial charge in [-0.25, -0.2) is 4.79 Å². The Morgan fingerprint density at radius 3 is 2.73 bits per heavy atom. The van der Waals surface area contributed by atoms with E-state index < -0.39 is 11.6 Å². The molecule has 2 rings (SSSR count). The predicted molar refractivity (Wildman–Crippen MR) is 56.0 cm³/mol. The third kappa shape index (κ3) is 1.58. The molecule has 1 aliphatic heterocycles. The number of aromatic hydroxyl groups is 1. The quantitative estimate of drug-likeness (QED) is 0.662. The molecule has 1 N–H and O–H groups in total. The van der Waals surface area contributed by atoms with Crippen LogP contribution in [-0.4, -0.2) is 16.7 Å². The summed E-state index contributed by atoms with van der Waals surface area (Å²) in [5.41, 5.74) is 1.41. The monoisotopic (exact) mass is 206 g/mol. The molecule has 1 aliphatic rings. The molecule has 0 radical (unpaired) electrons. The summed E-state index contributed by atoms with van der Waals surface area (Å²) in [5.74, 6) is -0.379. The number of hydrogen-bond donors (Lipinski definition) is 1.